The molecule has 2 aromatic rings. The summed E-state index contributed by atoms with van der Waals surface area (Å²) in [7, 11) is 0. The molecule has 0 fully saturated rings. The van der Waals surface area contributed by atoms with E-state index in [0.717, 1.165) is 11.3 Å². The number of benzene rings is 2. The number of carbonyl (C=O) groups is 1. The van der Waals surface area contributed by atoms with Gasteiger partial charge in [0.1, 0.15) is 5.82 Å². The van der Waals surface area contributed by atoms with Gasteiger partial charge in [0, 0.05) is 11.4 Å². The molecule has 0 aliphatic carbocycles. The van der Waals surface area contributed by atoms with Gasteiger partial charge in [-0.2, -0.15) is 0 Å². The Bertz CT molecular complexity index is 614. The summed E-state index contributed by atoms with van der Waals surface area (Å²) >= 11 is 3.10. The molecule has 0 saturated carbocycles. The van der Waals surface area contributed by atoms with E-state index in [-0.39, 0.29) is 18.3 Å². The first-order chi connectivity index (χ1) is 9.54. The zero-order valence-corrected chi connectivity index (χ0v) is 12.5. The third kappa shape index (κ3) is 4.06. The van der Waals surface area contributed by atoms with Crippen molar-refractivity contribution in [1.29, 1.82) is 0 Å². The van der Waals surface area contributed by atoms with Crippen molar-refractivity contribution in [3.05, 3.63) is 58.3 Å². The maximum atomic E-state index is 13.1. The van der Waals surface area contributed by atoms with Gasteiger partial charge in [-0.15, -0.1) is 0 Å². The second-order valence-corrected chi connectivity index (χ2v) is 5.25. The number of nitrogens with one attached hydrogen (secondary N) is 2. The molecule has 0 saturated heterocycles. The Morgan fingerprint density at radius 3 is 2.45 bits per heavy atom. The molecule has 0 aliphatic rings. The van der Waals surface area contributed by atoms with Crippen LogP contribution in [0, 0.1) is 12.7 Å². The molecule has 0 unspecified atom stereocenters. The first kappa shape index (κ1) is 14.5. The highest BCUT2D eigenvalue weighted by Gasteiger charge is 2.04. The highest BCUT2D eigenvalue weighted by atomic mass is 79.9. The van der Waals surface area contributed by atoms with Gasteiger partial charge in [0.15, 0.2) is 0 Å². The van der Waals surface area contributed by atoms with Crippen molar-refractivity contribution in [2.75, 3.05) is 17.2 Å². The molecule has 0 aromatic heterocycles. The van der Waals surface area contributed by atoms with E-state index >= 15 is 0 Å². The zero-order valence-electron chi connectivity index (χ0n) is 10.9. The molecule has 2 rings (SSSR count). The van der Waals surface area contributed by atoms with Crippen LogP contribution in [-0.4, -0.2) is 12.5 Å². The van der Waals surface area contributed by atoms with Crippen LogP contribution < -0.4 is 10.6 Å². The molecule has 1 amide bonds. The number of amides is 1. The average molecular weight is 337 g/mol. The minimum atomic E-state index is -0.334. The van der Waals surface area contributed by atoms with Gasteiger partial charge in [-0.1, -0.05) is 17.7 Å². The van der Waals surface area contributed by atoms with E-state index < -0.39 is 0 Å². The van der Waals surface area contributed by atoms with Crippen LogP contribution in [0.25, 0.3) is 0 Å². The lowest BCUT2D eigenvalue weighted by atomic mass is 10.2. The van der Waals surface area contributed by atoms with Gasteiger partial charge in [-0.25, -0.2) is 4.39 Å². The molecule has 3 nitrogen and oxygen atoms in total. The SMILES string of the molecule is Cc1ccc(NC(=O)CNc2ccc(F)c(Br)c2)cc1. The Kier molecular flexibility index (Phi) is 4.74. The van der Waals surface area contributed by atoms with Gasteiger partial charge in [0.05, 0.1) is 11.0 Å². The summed E-state index contributed by atoms with van der Waals surface area (Å²) in [4.78, 5) is 11.8. The van der Waals surface area contributed by atoms with Crippen molar-refractivity contribution in [2.45, 2.75) is 6.92 Å². The fourth-order valence-corrected chi connectivity index (χ4v) is 2.01. The van der Waals surface area contributed by atoms with Crippen molar-refractivity contribution < 1.29 is 9.18 Å². The molecule has 2 N–H and O–H groups in total. The second-order valence-electron chi connectivity index (χ2n) is 4.40. The predicted octanol–water partition coefficient (Wildman–Crippen LogP) is 3.95. The lowest BCUT2D eigenvalue weighted by Gasteiger charge is -2.08. The van der Waals surface area contributed by atoms with Crippen LogP contribution in [0.5, 0.6) is 0 Å². The molecule has 0 atom stereocenters. The Morgan fingerprint density at radius 1 is 1.15 bits per heavy atom. The highest BCUT2D eigenvalue weighted by molar-refractivity contribution is 9.10. The normalized spacial score (nSPS) is 10.2. The molecular formula is C15H14BrFN2O. The summed E-state index contributed by atoms with van der Waals surface area (Å²) in [6.45, 7) is 2.10. The van der Waals surface area contributed by atoms with Crippen LogP contribution in [0.3, 0.4) is 0 Å². The maximum Gasteiger partial charge on any atom is 0.243 e. The molecule has 5 heteroatoms. The number of aryl methyl sites for hydroxylation is 1. The van der Waals surface area contributed by atoms with Crippen molar-refractivity contribution in [1.82, 2.24) is 0 Å². The zero-order chi connectivity index (χ0) is 14.5. The van der Waals surface area contributed by atoms with E-state index in [1.165, 1.54) is 6.07 Å². The van der Waals surface area contributed by atoms with Gasteiger partial charge >= 0.3 is 0 Å². The number of anilines is 2. The Morgan fingerprint density at radius 2 is 1.80 bits per heavy atom. The monoisotopic (exact) mass is 336 g/mol. The summed E-state index contributed by atoms with van der Waals surface area (Å²) in [5.41, 5.74) is 2.57. The molecule has 0 heterocycles. The fourth-order valence-electron chi connectivity index (χ4n) is 1.63. The highest BCUT2D eigenvalue weighted by Crippen LogP contribution is 2.19. The number of hydrogen-bond acceptors (Lipinski definition) is 2. The lowest BCUT2D eigenvalue weighted by molar-refractivity contribution is -0.114. The summed E-state index contributed by atoms with van der Waals surface area (Å²) in [5, 5.41) is 5.71. The number of carbonyl (C=O) groups excluding carboxylic acids is 1. The van der Waals surface area contributed by atoms with Crippen molar-refractivity contribution in [3.63, 3.8) is 0 Å². The average Bonchev–Trinajstić information content (AvgIpc) is 2.43. The molecule has 104 valence electrons. The molecule has 20 heavy (non-hydrogen) atoms. The lowest BCUT2D eigenvalue weighted by Crippen LogP contribution is -2.21. The van der Waals surface area contributed by atoms with Crippen LogP contribution in [-0.2, 0) is 4.79 Å². The number of hydrogen-bond donors (Lipinski definition) is 2. The minimum absolute atomic E-state index is 0.117. The molecule has 0 aliphatic heterocycles. The molecule has 0 radical (unpaired) electrons. The van der Waals surface area contributed by atoms with E-state index in [1.807, 2.05) is 31.2 Å². The Hall–Kier alpha value is -1.88. The third-order valence-corrected chi connectivity index (χ3v) is 3.32. The first-order valence-corrected chi connectivity index (χ1v) is 6.89. The topological polar surface area (TPSA) is 41.1 Å². The smallest absolute Gasteiger partial charge is 0.243 e. The van der Waals surface area contributed by atoms with Gasteiger partial charge in [0.25, 0.3) is 0 Å². The number of halogens is 2. The molecule has 2 aromatic carbocycles. The standard InChI is InChI=1S/C15H14BrFN2O/c1-10-2-4-11(5-3-10)19-15(20)9-18-12-6-7-14(17)13(16)8-12/h2-8,18H,9H2,1H3,(H,19,20). The maximum absolute atomic E-state index is 13.1. The molecular weight excluding hydrogens is 323 g/mol. The van der Waals surface area contributed by atoms with Crippen LogP contribution >= 0.6 is 15.9 Å². The van der Waals surface area contributed by atoms with Crippen LogP contribution in [0.1, 0.15) is 5.56 Å². The fraction of sp³-hybridized carbons (Fsp3) is 0.133. The van der Waals surface area contributed by atoms with Crippen LogP contribution in [0.4, 0.5) is 15.8 Å². The van der Waals surface area contributed by atoms with Crippen LogP contribution in [0.2, 0.25) is 0 Å². The van der Waals surface area contributed by atoms with Gasteiger partial charge < -0.3 is 10.6 Å². The summed E-state index contributed by atoms with van der Waals surface area (Å²) in [6.07, 6.45) is 0. The summed E-state index contributed by atoms with van der Waals surface area (Å²) < 4.78 is 13.4. The van der Waals surface area contributed by atoms with Crippen molar-refractivity contribution in [3.8, 4) is 0 Å². The van der Waals surface area contributed by atoms with Gasteiger partial charge in [0.2, 0.25) is 5.91 Å². The summed E-state index contributed by atoms with van der Waals surface area (Å²) in [6, 6.07) is 12.1. The van der Waals surface area contributed by atoms with E-state index in [4.69, 9.17) is 0 Å². The van der Waals surface area contributed by atoms with E-state index in [1.54, 1.807) is 12.1 Å². The van der Waals surface area contributed by atoms with Gasteiger partial charge in [-0.3, -0.25) is 4.79 Å². The second kappa shape index (κ2) is 6.52. The van der Waals surface area contributed by atoms with E-state index in [0.29, 0.717) is 10.2 Å². The van der Waals surface area contributed by atoms with E-state index in [2.05, 4.69) is 26.6 Å². The Labute approximate surface area is 125 Å². The predicted molar refractivity (Wildman–Crippen MR) is 82.4 cm³/mol. The minimum Gasteiger partial charge on any atom is -0.376 e. The quantitative estimate of drug-likeness (QED) is 0.887. The third-order valence-electron chi connectivity index (χ3n) is 2.71. The Balaban J connectivity index is 1.88. The van der Waals surface area contributed by atoms with Crippen LogP contribution in [0.15, 0.2) is 46.9 Å². The van der Waals surface area contributed by atoms with Crippen molar-refractivity contribution >= 4 is 33.2 Å². The summed E-state index contributed by atoms with van der Waals surface area (Å²) in [5.74, 6) is -0.492. The molecule has 0 spiro atoms. The molecule has 0 bridgehead atoms. The first-order valence-electron chi connectivity index (χ1n) is 6.10. The number of rotatable bonds is 4. The largest absolute Gasteiger partial charge is 0.376 e. The van der Waals surface area contributed by atoms with E-state index in [9.17, 15) is 9.18 Å². The van der Waals surface area contributed by atoms with Crippen molar-refractivity contribution in [2.24, 2.45) is 0 Å². The van der Waals surface area contributed by atoms with Gasteiger partial charge in [-0.05, 0) is 53.2 Å².